The first-order valence-electron chi connectivity index (χ1n) is 8.32. The Bertz CT molecular complexity index is 662. The second kappa shape index (κ2) is 7.59. The van der Waals surface area contributed by atoms with Crippen LogP contribution in [-0.2, 0) is 4.79 Å². The molecule has 3 rings (SSSR count). The molecule has 2 aromatic rings. The predicted octanol–water partition coefficient (Wildman–Crippen LogP) is 4.69. The number of benzene rings is 1. The summed E-state index contributed by atoms with van der Waals surface area (Å²) in [6.07, 6.45) is 8.15. The summed E-state index contributed by atoms with van der Waals surface area (Å²) >= 11 is 1.41. The lowest BCUT2D eigenvalue weighted by atomic mass is 9.86. The Kier molecular flexibility index (Phi) is 5.28. The van der Waals surface area contributed by atoms with E-state index in [-0.39, 0.29) is 5.91 Å². The molecular weight excluding hydrogens is 306 g/mol. The summed E-state index contributed by atoms with van der Waals surface area (Å²) in [4.78, 5) is 16.6. The zero-order valence-electron chi connectivity index (χ0n) is 13.3. The summed E-state index contributed by atoms with van der Waals surface area (Å²) < 4.78 is 0. The van der Waals surface area contributed by atoms with Crippen molar-refractivity contribution in [1.82, 2.24) is 4.98 Å². The Balaban J connectivity index is 1.62. The molecular formula is C18H23N3OS. The molecule has 122 valence electrons. The maximum absolute atomic E-state index is 12.3. The summed E-state index contributed by atoms with van der Waals surface area (Å²) in [5.41, 5.74) is 8.27. The lowest BCUT2D eigenvalue weighted by Gasteiger charge is -2.21. The molecule has 0 aliphatic heterocycles. The van der Waals surface area contributed by atoms with E-state index in [1.807, 2.05) is 29.6 Å². The number of para-hydroxylation sites is 1. The van der Waals surface area contributed by atoms with Crippen molar-refractivity contribution in [2.24, 2.45) is 5.92 Å². The molecule has 23 heavy (non-hydrogen) atoms. The van der Waals surface area contributed by atoms with Gasteiger partial charge in [-0.25, -0.2) is 4.98 Å². The molecule has 1 amide bonds. The number of nitrogens with two attached hydrogens (primary N) is 1. The number of anilines is 2. The molecule has 0 unspecified atom stereocenters. The second-order valence-corrected chi connectivity index (χ2v) is 7.10. The molecule has 5 heteroatoms. The molecule has 0 spiro atoms. The fourth-order valence-corrected chi connectivity index (χ4v) is 3.81. The zero-order valence-corrected chi connectivity index (χ0v) is 14.1. The lowest BCUT2D eigenvalue weighted by Crippen LogP contribution is -2.15. The number of amides is 1. The van der Waals surface area contributed by atoms with Gasteiger partial charge in [-0.05, 0) is 18.4 Å². The van der Waals surface area contributed by atoms with Crippen molar-refractivity contribution in [2.45, 2.75) is 44.9 Å². The van der Waals surface area contributed by atoms with Crippen LogP contribution in [0, 0.1) is 5.92 Å². The highest BCUT2D eigenvalue weighted by Gasteiger charge is 2.16. The minimum Gasteiger partial charge on any atom is -0.375 e. The number of rotatable bonds is 5. The minimum absolute atomic E-state index is 0.0891. The number of nitrogen functional groups attached to an aromatic ring is 1. The van der Waals surface area contributed by atoms with Crippen molar-refractivity contribution < 1.29 is 4.79 Å². The van der Waals surface area contributed by atoms with E-state index >= 15 is 0 Å². The van der Waals surface area contributed by atoms with Crippen LogP contribution >= 0.6 is 11.3 Å². The lowest BCUT2D eigenvalue weighted by molar-refractivity contribution is -0.116. The van der Waals surface area contributed by atoms with Crippen molar-refractivity contribution in [3.63, 3.8) is 0 Å². The molecule has 1 saturated carbocycles. The fourth-order valence-electron chi connectivity index (χ4n) is 3.25. The van der Waals surface area contributed by atoms with E-state index in [4.69, 9.17) is 5.73 Å². The second-order valence-electron chi connectivity index (χ2n) is 6.21. The molecule has 0 radical (unpaired) electrons. The van der Waals surface area contributed by atoms with Crippen molar-refractivity contribution in [1.29, 1.82) is 0 Å². The van der Waals surface area contributed by atoms with Crippen LogP contribution in [0.25, 0.3) is 11.3 Å². The van der Waals surface area contributed by atoms with Gasteiger partial charge in [0.15, 0.2) is 5.13 Å². The van der Waals surface area contributed by atoms with Crippen LogP contribution in [0.5, 0.6) is 0 Å². The quantitative estimate of drug-likeness (QED) is 0.836. The number of hydrogen-bond acceptors (Lipinski definition) is 4. The molecule has 1 fully saturated rings. The number of nitrogens with one attached hydrogen (secondary N) is 1. The van der Waals surface area contributed by atoms with Gasteiger partial charge in [0.2, 0.25) is 5.91 Å². The molecule has 1 aliphatic rings. The first-order valence-corrected chi connectivity index (χ1v) is 9.20. The largest absolute Gasteiger partial charge is 0.375 e. The van der Waals surface area contributed by atoms with Gasteiger partial charge in [-0.15, -0.1) is 11.3 Å². The molecule has 1 aliphatic carbocycles. The van der Waals surface area contributed by atoms with E-state index in [1.54, 1.807) is 0 Å². The zero-order chi connectivity index (χ0) is 16.1. The Labute approximate surface area is 141 Å². The summed E-state index contributed by atoms with van der Waals surface area (Å²) in [6, 6.07) is 7.76. The predicted molar refractivity (Wildman–Crippen MR) is 96.4 cm³/mol. The van der Waals surface area contributed by atoms with E-state index in [0.29, 0.717) is 11.6 Å². The van der Waals surface area contributed by atoms with E-state index in [9.17, 15) is 4.79 Å². The summed E-state index contributed by atoms with van der Waals surface area (Å²) in [5, 5.41) is 5.50. The monoisotopic (exact) mass is 329 g/mol. The Morgan fingerprint density at radius 3 is 2.78 bits per heavy atom. The third kappa shape index (κ3) is 4.32. The van der Waals surface area contributed by atoms with Gasteiger partial charge in [0.05, 0.1) is 11.4 Å². The van der Waals surface area contributed by atoms with E-state index in [0.717, 1.165) is 29.3 Å². The number of thiazole rings is 1. The van der Waals surface area contributed by atoms with Gasteiger partial charge in [-0.2, -0.15) is 0 Å². The van der Waals surface area contributed by atoms with Crippen molar-refractivity contribution in [3.05, 3.63) is 29.6 Å². The van der Waals surface area contributed by atoms with Crippen LogP contribution < -0.4 is 11.1 Å². The van der Waals surface area contributed by atoms with Gasteiger partial charge in [-0.1, -0.05) is 50.3 Å². The highest BCUT2D eigenvalue weighted by Crippen LogP contribution is 2.30. The molecule has 3 N–H and O–H groups in total. The van der Waals surface area contributed by atoms with Gasteiger partial charge in [0.25, 0.3) is 0 Å². The van der Waals surface area contributed by atoms with Crippen LogP contribution in [0.3, 0.4) is 0 Å². The third-order valence-corrected chi connectivity index (χ3v) is 5.18. The molecule has 1 aromatic heterocycles. The minimum atomic E-state index is 0.0891. The van der Waals surface area contributed by atoms with Gasteiger partial charge >= 0.3 is 0 Å². The smallest absolute Gasteiger partial charge is 0.224 e. The standard InChI is InChI=1S/C18H23N3OS/c19-18-21-16(12-23-18)14-8-4-5-9-15(14)20-17(22)11-10-13-6-2-1-3-7-13/h4-5,8-9,12-13H,1-3,6-7,10-11H2,(H2,19,21)(H,20,22). The highest BCUT2D eigenvalue weighted by molar-refractivity contribution is 7.13. The van der Waals surface area contributed by atoms with Gasteiger partial charge in [-0.3, -0.25) is 4.79 Å². The Morgan fingerprint density at radius 2 is 2.04 bits per heavy atom. The average molecular weight is 329 g/mol. The van der Waals surface area contributed by atoms with Crippen LogP contribution in [0.15, 0.2) is 29.6 Å². The van der Waals surface area contributed by atoms with Gasteiger partial charge in [0, 0.05) is 17.4 Å². The van der Waals surface area contributed by atoms with Gasteiger partial charge < -0.3 is 11.1 Å². The first-order chi connectivity index (χ1) is 11.2. The average Bonchev–Trinajstić information content (AvgIpc) is 3.01. The molecule has 4 nitrogen and oxygen atoms in total. The van der Waals surface area contributed by atoms with Crippen LogP contribution in [0.4, 0.5) is 10.8 Å². The highest BCUT2D eigenvalue weighted by atomic mass is 32.1. The van der Waals surface area contributed by atoms with Crippen LogP contribution in [0.1, 0.15) is 44.9 Å². The summed E-state index contributed by atoms with van der Waals surface area (Å²) in [5.74, 6) is 0.814. The van der Waals surface area contributed by atoms with E-state index < -0.39 is 0 Å². The maximum atomic E-state index is 12.3. The topological polar surface area (TPSA) is 68.0 Å². The van der Waals surface area contributed by atoms with Crippen molar-refractivity contribution in [2.75, 3.05) is 11.1 Å². The van der Waals surface area contributed by atoms with Gasteiger partial charge in [0.1, 0.15) is 0 Å². The molecule has 0 saturated heterocycles. The molecule has 1 heterocycles. The number of hydrogen-bond donors (Lipinski definition) is 2. The fraction of sp³-hybridized carbons (Fsp3) is 0.444. The van der Waals surface area contributed by atoms with Crippen molar-refractivity contribution in [3.8, 4) is 11.3 Å². The van der Waals surface area contributed by atoms with Crippen molar-refractivity contribution >= 4 is 28.1 Å². The molecule has 0 bridgehead atoms. The number of aromatic nitrogens is 1. The summed E-state index contributed by atoms with van der Waals surface area (Å²) in [7, 11) is 0. The maximum Gasteiger partial charge on any atom is 0.224 e. The van der Waals surface area contributed by atoms with E-state index in [1.165, 1.54) is 43.4 Å². The Hall–Kier alpha value is -1.88. The normalized spacial score (nSPS) is 15.5. The SMILES string of the molecule is Nc1nc(-c2ccccc2NC(=O)CCC2CCCCC2)cs1. The van der Waals surface area contributed by atoms with Crippen LogP contribution in [0.2, 0.25) is 0 Å². The number of carbonyl (C=O) groups is 1. The van der Waals surface area contributed by atoms with Crippen LogP contribution in [-0.4, -0.2) is 10.9 Å². The summed E-state index contributed by atoms with van der Waals surface area (Å²) in [6.45, 7) is 0. The number of carbonyl (C=O) groups excluding carboxylic acids is 1. The Morgan fingerprint density at radius 1 is 1.26 bits per heavy atom. The number of nitrogens with zero attached hydrogens (tertiary/aromatic N) is 1. The molecule has 0 atom stereocenters. The third-order valence-electron chi connectivity index (χ3n) is 4.50. The van der Waals surface area contributed by atoms with E-state index in [2.05, 4.69) is 10.3 Å². The molecule has 1 aromatic carbocycles. The first kappa shape index (κ1) is 16.0.